The Hall–Kier alpha value is -1.95. The Morgan fingerprint density at radius 1 is 1.20 bits per heavy atom. The largest absolute Gasteiger partial charge is 0.432 e. The van der Waals surface area contributed by atoms with E-state index in [-0.39, 0.29) is 17.7 Å². The van der Waals surface area contributed by atoms with E-state index < -0.39 is 17.4 Å². The van der Waals surface area contributed by atoms with Crippen molar-refractivity contribution in [3.63, 3.8) is 0 Å². The first-order valence-electron chi connectivity index (χ1n) is 3.97. The lowest BCUT2D eigenvalue weighted by Crippen LogP contribution is -2.30. The van der Waals surface area contributed by atoms with Crippen LogP contribution in [0.25, 0.3) is 0 Å². The second kappa shape index (κ2) is 3.66. The first kappa shape index (κ1) is 11.1. The lowest BCUT2D eigenvalue weighted by Gasteiger charge is -2.21. The molecule has 0 amide bonds. The molecule has 15 heavy (non-hydrogen) atoms. The number of halogens is 3. The minimum Gasteiger partial charge on any atom is -0.353 e. The maximum Gasteiger partial charge on any atom is 0.432 e. The Bertz CT molecular complexity index is 429. The van der Waals surface area contributed by atoms with Crippen LogP contribution >= 0.6 is 0 Å². The van der Waals surface area contributed by atoms with Gasteiger partial charge in [-0.1, -0.05) is 0 Å². The zero-order valence-corrected chi connectivity index (χ0v) is 7.74. The smallest absolute Gasteiger partial charge is 0.353 e. The van der Waals surface area contributed by atoms with Gasteiger partial charge < -0.3 is 5.32 Å². The molecular formula is C9H6F3N3. The van der Waals surface area contributed by atoms with Crippen molar-refractivity contribution in [2.75, 3.05) is 0 Å². The van der Waals surface area contributed by atoms with Crippen molar-refractivity contribution in [1.82, 2.24) is 5.32 Å². The van der Waals surface area contributed by atoms with Crippen molar-refractivity contribution >= 4 is 0 Å². The molecule has 0 aromatic heterocycles. The summed E-state index contributed by atoms with van der Waals surface area (Å²) in [6.07, 6.45) is -4.85. The molecule has 6 heteroatoms. The van der Waals surface area contributed by atoms with Crippen LogP contribution in [0.1, 0.15) is 13.3 Å². The summed E-state index contributed by atoms with van der Waals surface area (Å²) in [6, 6.07) is 3.21. The summed E-state index contributed by atoms with van der Waals surface area (Å²) in [5.74, 6) is 0. The summed E-state index contributed by atoms with van der Waals surface area (Å²) in [7, 11) is 0. The van der Waals surface area contributed by atoms with Crippen molar-refractivity contribution in [2.45, 2.75) is 19.5 Å². The third-order valence-electron chi connectivity index (χ3n) is 1.97. The van der Waals surface area contributed by atoms with Gasteiger partial charge in [0.1, 0.15) is 5.70 Å². The Morgan fingerprint density at radius 3 is 2.13 bits per heavy atom. The van der Waals surface area contributed by atoms with Crippen LogP contribution in [0.4, 0.5) is 13.2 Å². The number of nitrogens with one attached hydrogen (secondary N) is 1. The second-order valence-electron chi connectivity index (χ2n) is 2.98. The number of nitrogens with zero attached hydrogens (tertiary/aromatic N) is 2. The number of rotatable bonds is 0. The molecule has 1 N–H and O–H groups in total. The number of allylic oxidation sites excluding steroid dienone is 4. The van der Waals surface area contributed by atoms with E-state index in [1.54, 1.807) is 6.07 Å². The molecule has 0 aliphatic carbocycles. The highest BCUT2D eigenvalue weighted by molar-refractivity contribution is 5.45. The number of hydrogen-bond donors (Lipinski definition) is 1. The summed E-state index contributed by atoms with van der Waals surface area (Å²) >= 11 is 0. The lowest BCUT2D eigenvalue weighted by atomic mass is 9.99. The molecular weight excluding hydrogens is 207 g/mol. The average Bonchev–Trinajstić information content (AvgIpc) is 2.16. The van der Waals surface area contributed by atoms with E-state index in [2.05, 4.69) is 0 Å². The van der Waals surface area contributed by atoms with E-state index in [1.165, 1.54) is 13.0 Å². The van der Waals surface area contributed by atoms with E-state index in [1.807, 2.05) is 5.32 Å². The Balaban J connectivity index is 3.16. The lowest BCUT2D eigenvalue weighted by molar-refractivity contribution is -0.0968. The average molecular weight is 213 g/mol. The fourth-order valence-electron chi connectivity index (χ4n) is 1.20. The first-order chi connectivity index (χ1) is 6.90. The fraction of sp³-hybridized carbons (Fsp3) is 0.333. The molecule has 0 saturated heterocycles. The maximum atomic E-state index is 12.4. The number of nitriles is 2. The van der Waals surface area contributed by atoms with Crippen LogP contribution in [0, 0.1) is 22.7 Å². The highest BCUT2D eigenvalue weighted by atomic mass is 19.4. The molecule has 0 saturated carbocycles. The Morgan fingerprint density at radius 2 is 1.73 bits per heavy atom. The van der Waals surface area contributed by atoms with E-state index in [0.29, 0.717) is 0 Å². The predicted octanol–water partition coefficient (Wildman–Crippen LogP) is 2.12. The normalized spacial score (nSPS) is 16.9. The van der Waals surface area contributed by atoms with Crippen LogP contribution < -0.4 is 5.32 Å². The summed E-state index contributed by atoms with van der Waals surface area (Å²) in [5.41, 5.74) is -1.23. The SMILES string of the molecule is CC1=C(C#N)CC(C#N)=C(C(F)(F)F)N1. The molecule has 0 aromatic rings. The van der Waals surface area contributed by atoms with Gasteiger partial charge in [-0.2, -0.15) is 23.7 Å². The predicted molar refractivity (Wildman–Crippen MR) is 44.8 cm³/mol. The highest BCUT2D eigenvalue weighted by Gasteiger charge is 2.39. The maximum absolute atomic E-state index is 12.4. The first-order valence-corrected chi connectivity index (χ1v) is 3.97. The number of dihydropyridines is 1. The summed E-state index contributed by atoms with van der Waals surface area (Å²) in [4.78, 5) is 0. The molecule has 78 valence electrons. The molecule has 0 atom stereocenters. The molecule has 0 fully saturated rings. The molecule has 0 aromatic carbocycles. The highest BCUT2D eigenvalue weighted by Crippen LogP contribution is 2.32. The number of hydrogen-bond acceptors (Lipinski definition) is 3. The molecule has 1 rings (SSSR count). The van der Waals surface area contributed by atoms with Gasteiger partial charge >= 0.3 is 6.18 Å². The van der Waals surface area contributed by atoms with Crippen molar-refractivity contribution < 1.29 is 13.2 Å². The third kappa shape index (κ3) is 2.10. The quantitative estimate of drug-likeness (QED) is 0.670. The Labute approximate surface area is 84.1 Å². The van der Waals surface area contributed by atoms with Gasteiger partial charge in [-0.3, -0.25) is 0 Å². The Kier molecular flexibility index (Phi) is 2.71. The van der Waals surface area contributed by atoms with Crippen molar-refractivity contribution in [3.8, 4) is 12.1 Å². The molecule has 0 bridgehead atoms. The van der Waals surface area contributed by atoms with Crippen LogP contribution in [0.3, 0.4) is 0 Å². The zero-order valence-electron chi connectivity index (χ0n) is 7.74. The minimum absolute atomic E-state index is 0.142. The van der Waals surface area contributed by atoms with Gasteiger partial charge in [0.2, 0.25) is 0 Å². The zero-order chi connectivity index (χ0) is 11.6. The molecule has 1 aliphatic heterocycles. The van der Waals surface area contributed by atoms with Crippen LogP contribution in [0.5, 0.6) is 0 Å². The van der Waals surface area contributed by atoms with Crippen molar-refractivity contribution in [3.05, 3.63) is 22.5 Å². The van der Waals surface area contributed by atoms with Crippen molar-refractivity contribution in [2.24, 2.45) is 0 Å². The monoisotopic (exact) mass is 213 g/mol. The molecule has 1 heterocycles. The van der Waals surface area contributed by atoms with Crippen LogP contribution in [0.2, 0.25) is 0 Å². The summed E-state index contributed by atoms with van der Waals surface area (Å²) in [5, 5.41) is 19.2. The third-order valence-corrected chi connectivity index (χ3v) is 1.97. The molecule has 1 aliphatic rings. The molecule has 3 nitrogen and oxygen atoms in total. The van der Waals surface area contributed by atoms with Gasteiger partial charge in [-0.05, 0) is 6.92 Å². The minimum atomic E-state index is -4.59. The fourth-order valence-corrected chi connectivity index (χ4v) is 1.20. The van der Waals surface area contributed by atoms with E-state index in [4.69, 9.17) is 10.5 Å². The van der Waals surface area contributed by atoms with Crippen LogP contribution in [0.15, 0.2) is 22.5 Å². The standard InChI is InChI=1S/C9H6F3N3/c1-5-6(3-13)2-7(4-14)8(15-5)9(10,11)12/h15H,2H2,1H3. The topological polar surface area (TPSA) is 59.6 Å². The van der Waals surface area contributed by atoms with E-state index in [0.717, 1.165) is 0 Å². The molecule has 0 unspecified atom stereocenters. The van der Waals surface area contributed by atoms with Gasteiger partial charge in [-0.25, -0.2) is 0 Å². The van der Waals surface area contributed by atoms with E-state index >= 15 is 0 Å². The van der Waals surface area contributed by atoms with Crippen LogP contribution in [-0.2, 0) is 0 Å². The molecule has 0 spiro atoms. The summed E-state index contributed by atoms with van der Waals surface area (Å²) in [6.45, 7) is 1.37. The van der Waals surface area contributed by atoms with Gasteiger partial charge in [0.15, 0.2) is 0 Å². The van der Waals surface area contributed by atoms with Gasteiger partial charge in [-0.15, -0.1) is 0 Å². The van der Waals surface area contributed by atoms with Crippen molar-refractivity contribution in [1.29, 1.82) is 10.5 Å². The second-order valence-corrected chi connectivity index (χ2v) is 2.98. The van der Waals surface area contributed by atoms with Crippen LogP contribution in [-0.4, -0.2) is 6.18 Å². The summed E-state index contributed by atoms with van der Waals surface area (Å²) < 4.78 is 37.2. The van der Waals surface area contributed by atoms with Gasteiger partial charge in [0, 0.05) is 12.1 Å². The molecule has 0 radical (unpaired) electrons. The van der Waals surface area contributed by atoms with Gasteiger partial charge in [0.25, 0.3) is 0 Å². The van der Waals surface area contributed by atoms with E-state index in [9.17, 15) is 13.2 Å². The van der Waals surface area contributed by atoms with Gasteiger partial charge in [0.05, 0.1) is 23.3 Å². The number of alkyl halides is 3.